The summed E-state index contributed by atoms with van der Waals surface area (Å²) in [5, 5.41) is 0.975. The largest absolute Gasteiger partial charge is 0.464 e. The van der Waals surface area contributed by atoms with E-state index in [1.807, 2.05) is 24.3 Å². The highest BCUT2D eigenvalue weighted by molar-refractivity contribution is 5.98. The summed E-state index contributed by atoms with van der Waals surface area (Å²) in [5.41, 5.74) is 8.99. The van der Waals surface area contributed by atoms with Gasteiger partial charge in [-0.3, -0.25) is 14.7 Å². The number of benzene rings is 1. The third-order valence-corrected chi connectivity index (χ3v) is 4.75. The van der Waals surface area contributed by atoms with E-state index < -0.39 is 5.97 Å². The maximum atomic E-state index is 12.2. The second kappa shape index (κ2) is 6.30. The molecule has 0 aliphatic carbocycles. The van der Waals surface area contributed by atoms with Crippen molar-refractivity contribution in [2.75, 3.05) is 19.4 Å². The van der Waals surface area contributed by atoms with Crippen LogP contribution in [0, 0.1) is 0 Å². The Morgan fingerprint density at radius 2 is 2.15 bits per heavy atom. The lowest BCUT2D eigenvalue weighted by Gasteiger charge is -2.27. The fraction of sp³-hybridized carbons (Fsp3) is 0.278. The van der Waals surface area contributed by atoms with Crippen molar-refractivity contribution < 1.29 is 9.53 Å². The second-order valence-corrected chi connectivity index (χ2v) is 6.35. The molecule has 8 heteroatoms. The van der Waals surface area contributed by atoms with Gasteiger partial charge in [0.1, 0.15) is 5.69 Å². The number of rotatable bonds is 3. The Bertz CT molecular complexity index is 1050. The van der Waals surface area contributed by atoms with Crippen LogP contribution in [0.1, 0.15) is 27.3 Å². The molecule has 1 aliphatic heterocycles. The standard InChI is InChI=1S/C18H19N5O3/c1-26-17(25)15-11(10-4-2-3-5-13(10)20-15)8-23-7-6-14-12(9-23)16(24)22-18(19)21-14/h2-5,20H,6-9H2,1H3,(H3,19,21,22,24). The van der Waals surface area contributed by atoms with Crippen molar-refractivity contribution in [2.24, 2.45) is 0 Å². The molecular weight excluding hydrogens is 334 g/mol. The van der Waals surface area contributed by atoms with Crippen LogP contribution < -0.4 is 11.3 Å². The number of nitrogens with zero attached hydrogens (tertiary/aromatic N) is 2. The quantitative estimate of drug-likeness (QED) is 0.609. The molecule has 8 nitrogen and oxygen atoms in total. The second-order valence-electron chi connectivity index (χ2n) is 6.35. The molecule has 0 fully saturated rings. The molecular formula is C18H19N5O3. The number of nitrogen functional groups attached to an aromatic ring is 1. The van der Waals surface area contributed by atoms with Crippen LogP contribution in [0.3, 0.4) is 0 Å². The normalized spacial score (nSPS) is 14.3. The monoisotopic (exact) mass is 353 g/mol. The van der Waals surface area contributed by atoms with Crippen molar-refractivity contribution >= 4 is 22.8 Å². The number of carbonyl (C=O) groups excluding carboxylic acids is 1. The van der Waals surface area contributed by atoms with Gasteiger partial charge in [-0.2, -0.15) is 0 Å². The number of para-hydroxylation sites is 1. The minimum absolute atomic E-state index is 0.145. The molecule has 0 amide bonds. The Balaban J connectivity index is 1.70. The highest BCUT2D eigenvalue weighted by Crippen LogP contribution is 2.26. The summed E-state index contributed by atoms with van der Waals surface area (Å²) in [7, 11) is 1.37. The molecule has 0 unspecified atom stereocenters. The number of nitrogens with two attached hydrogens (primary N) is 1. The van der Waals surface area contributed by atoms with E-state index in [1.165, 1.54) is 7.11 Å². The maximum absolute atomic E-state index is 12.2. The molecule has 134 valence electrons. The lowest BCUT2D eigenvalue weighted by molar-refractivity contribution is 0.0592. The van der Waals surface area contributed by atoms with Gasteiger partial charge in [0.2, 0.25) is 5.95 Å². The fourth-order valence-corrected chi connectivity index (χ4v) is 3.50. The van der Waals surface area contributed by atoms with E-state index >= 15 is 0 Å². The highest BCUT2D eigenvalue weighted by Gasteiger charge is 2.25. The molecule has 0 bridgehead atoms. The summed E-state index contributed by atoms with van der Waals surface area (Å²) in [6.45, 7) is 1.71. The average Bonchev–Trinajstić information content (AvgIpc) is 3.00. The minimum atomic E-state index is -0.402. The van der Waals surface area contributed by atoms with Crippen LogP contribution in [0.4, 0.5) is 5.95 Å². The van der Waals surface area contributed by atoms with E-state index in [1.54, 1.807) is 0 Å². The molecule has 0 saturated carbocycles. The number of H-pyrrole nitrogens is 2. The molecule has 1 aromatic carbocycles. The lowest BCUT2D eigenvalue weighted by atomic mass is 10.0. The van der Waals surface area contributed by atoms with E-state index in [-0.39, 0.29) is 11.5 Å². The number of hydrogen-bond donors (Lipinski definition) is 3. The van der Waals surface area contributed by atoms with Crippen LogP contribution in [0.15, 0.2) is 29.1 Å². The number of aromatic nitrogens is 3. The Morgan fingerprint density at radius 1 is 1.35 bits per heavy atom. The third kappa shape index (κ3) is 2.74. The zero-order valence-electron chi connectivity index (χ0n) is 14.3. The fourth-order valence-electron chi connectivity index (χ4n) is 3.50. The summed E-state index contributed by atoms with van der Waals surface area (Å²) in [6, 6.07) is 7.74. The van der Waals surface area contributed by atoms with Gasteiger partial charge in [0.15, 0.2) is 0 Å². The molecule has 0 atom stereocenters. The number of fused-ring (bicyclic) bond motifs is 2. The molecule has 1 aliphatic rings. The summed E-state index contributed by atoms with van der Waals surface area (Å²) in [5.74, 6) is -0.257. The van der Waals surface area contributed by atoms with Crippen molar-refractivity contribution in [1.82, 2.24) is 19.9 Å². The molecule has 0 radical (unpaired) electrons. The predicted octanol–water partition coefficient (Wildman–Crippen LogP) is 1.18. The number of carbonyl (C=O) groups is 1. The third-order valence-electron chi connectivity index (χ3n) is 4.75. The maximum Gasteiger partial charge on any atom is 0.354 e. The first-order valence-corrected chi connectivity index (χ1v) is 8.34. The molecule has 0 saturated heterocycles. The van der Waals surface area contributed by atoms with Crippen LogP contribution in [0.2, 0.25) is 0 Å². The van der Waals surface area contributed by atoms with Crippen LogP contribution in [-0.4, -0.2) is 39.5 Å². The van der Waals surface area contributed by atoms with Crippen LogP contribution in [-0.2, 0) is 24.2 Å². The molecule has 4 rings (SSSR count). The van der Waals surface area contributed by atoms with Gasteiger partial charge in [0, 0.05) is 42.5 Å². The zero-order chi connectivity index (χ0) is 18.3. The molecule has 2 aromatic heterocycles. The number of esters is 1. The first-order valence-electron chi connectivity index (χ1n) is 8.34. The first kappa shape index (κ1) is 16.3. The lowest BCUT2D eigenvalue weighted by Crippen LogP contribution is -2.35. The van der Waals surface area contributed by atoms with E-state index in [0.29, 0.717) is 30.8 Å². The van der Waals surface area contributed by atoms with Gasteiger partial charge < -0.3 is 15.5 Å². The molecule has 4 N–H and O–H groups in total. The smallest absolute Gasteiger partial charge is 0.354 e. The summed E-state index contributed by atoms with van der Waals surface area (Å²) in [6.07, 6.45) is 0.638. The van der Waals surface area contributed by atoms with Gasteiger partial charge >= 0.3 is 5.97 Å². The van der Waals surface area contributed by atoms with Crippen molar-refractivity contribution in [2.45, 2.75) is 19.5 Å². The van der Waals surface area contributed by atoms with Gasteiger partial charge in [0.05, 0.1) is 18.4 Å². The number of aromatic amines is 2. The topological polar surface area (TPSA) is 117 Å². The summed E-state index contributed by atoms with van der Waals surface area (Å²) >= 11 is 0. The van der Waals surface area contributed by atoms with E-state index in [2.05, 4.69) is 19.9 Å². The number of anilines is 1. The van der Waals surface area contributed by atoms with Crippen LogP contribution in [0.25, 0.3) is 10.9 Å². The van der Waals surface area contributed by atoms with E-state index in [0.717, 1.165) is 28.7 Å². The van der Waals surface area contributed by atoms with Gasteiger partial charge in [-0.25, -0.2) is 9.78 Å². The van der Waals surface area contributed by atoms with Crippen molar-refractivity contribution in [1.29, 1.82) is 0 Å². The molecule has 26 heavy (non-hydrogen) atoms. The van der Waals surface area contributed by atoms with E-state index in [4.69, 9.17) is 10.5 Å². The van der Waals surface area contributed by atoms with Gasteiger partial charge in [0.25, 0.3) is 5.56 Å². The van der Waals surface area contributed by atoms with Crippen molar-refractivity contribution in [3.8, 4) is 0 Å². The number of methoxy groups -OCH3 is 1. The van der Waals surface area contributed by atoms with Crippen LogP contribution in [0.5, 0.6) is 0 Å². The predicted molar refractivity (Wildman–Crippen MR) is 96.7 cm³/mol. The molecule has 3 heterocycles. The number of hydrogen-bond acceptors (Lipinski definition) is 6. The van der Waals surface area contributed by atoms with E-state index in [9.17, 15) is 9.59 Å². The summed E-state index contributed by atoms with van der Waals surface area (Å²) in [4.78, 5) is 36.4. The number of ether oxygens (including phenoxy) is 1. The first-order chi connectivity index (χ1) is 12.6. The molecule has 0 spiro atoms. The van der Waals surface area contributed by atoms with Gasteiger partial charge in [-0.1, -0.05) is 18.2 Å². The minimum Gasteiger partial charge on any atom is -0.464 e. The van der Waals surface area contributed by atoms with Gasteiger partial charge in [-0.15, -0.1) is 0 Å². The number of nitrogens with one attached hydrogen (secondary N) is 2. The Morgan fingerprint density at radius 3 is 2.96 bits per heavy atom. The Labute approximate surface area is 149 Å². The van der Waals surface area contributed by atoms with Crippen molar-refractivity contribution in [3.05, 3.63) is 57.1 Å². The molecule has 3 aromatic rings. The van der Waals surface area contributed by atoms with Crippen molar-refractivity contribution in [3.63, 3.8) is 0 Å². The SMILES string of the molecule is COC(=O)c1[nH]c2ccccc2c1CN1CCc2nc(N)[nH]c(=O)c2C1. The Kier molecular flexibility index (Phi) is 3.96. The summed E-state index contributed by atoms with van der Waals surface area (Å²) < 4.78 is 4.92. The zero-order valence-corrected chi connectivity index (χ0v) is 14.3. The Hall–Kier alpha value is -3.13. The average molecular weight is 353 g/mol. The van der Waals surface area contributed by atoms with Crippen LogP contribution >= 0.6 is 0 Å². The highest BCUT2D eigenvalue weighted by atomic mass is 16.5. The van der Waals surface area contributed by atoms with Gasteiger partial charge in [-0.05, 0) is 6.07 Å².